The first-order valence-corrected chi connectivity index (χ1v) is 13.1. The van der Waals surface area contributed by atoms with Gasteiger partial charge in [-0.15, -0.1) is 74.4 Å². The molecule has 1 amide bonds. The molecule has 0 saturated carbocycles. The van der Waals surface area contributed by atoms with Crippen molar-refractivity contribution < 1.29 is 9.53 Å². The van der Waals surface area contributed by atoms with Crippen LogP contribution in [0.15, 0.2) is 55.0 Å². The molecular formula is C28H38Cl6N8O2. The van der Waals surface area contributed by atoms with Gasteiger partial charge in [0.1, 0.15) is 23.5 Å². The Morgan fingerprint density at radius 3 is 2.39 bits per heavy atom. The zero-order valence-corrected chi connectivity index (χ0v) is 28.6. The number of carbonyl (C=O) groups is 1. The number of nitrogens with one attached hydrogen (secondary N) is 2. The number of aromatic nitrogens is 4. The predicted octanol–water partition coefficient (Wildman–Crippen LogP) is 5.56. The molecule has 0 unspecified atom stereocenters. The third kappa shape index (κ3) is 9.94. The molecule has 0 spiro atoms. The smallest absolute Gasteiger partial charge is 0.274 e. The summed E-state index contributed by atoms with van der Waals surface area (Å²) < 4.78 is 5.48. The number of hydrogen-bond acceptors (Lipinski definition) is 8. The van der Waals surface area contributed by atoms with Crippen LogP contribution >= 0.6 is 74.4 Å². The van der Waals surface area contributed by atoms with Crippen LogP contribution in [0.5, 0.6) is 0 Å². The molecule has 3 aromatic heterocycles. The van der Waals surface area contributed by atoms with Gasteiger partial charge < -0.3 is 25.7 Å². The molecule has 44 heavy (non-hydrogen) atoms. The number of H-pyrrole nitrogens is 1. The van der Waals surface area contributed by atoms with Gasteiger partial charge in [0.05, 0.1) is 18.6 Å². The molecule has 244 valence electrons. The Bertz CT molecular complexity index is 1440. The van der Waals surface area contributed by atoms with Crippen molar-refractivity contribution in [2.75, 3.05) is 49.6 Å². The molecule has 0 aliphatic carbocycles. The number of ether oxygens (including phenoxy) is 1. The van der Waals surface area contributed by atoms with Gasteiger partial charge in [-0.3, -0.25) is 14.7 Å². The Balaban J connectivity index is 0.00000308. The topological polar surface area (TPSA) is 125 Å². The van der Waals surface area contributed by atoms with E-state index in [0.717, 1.165) is 79.2 Å². The number of nitrogens with zero attached hydrogens (tertiary/aromatic N) is 5. The number of pyridine rings is 1. The first-order chi connectivity index (χ1) is 18.6. The Morgan fingerprint density at radius 1 is 0.955 bits per heavy atom. The summed E-state index contributed by atoms with van der Waals surface area (Å²) in [6.07, 6.45) is 5.47. The van der Waals surface area contributed by atoms with E-state index in [2.05, 4.69) is 41.1 Å². The van der Waals surface area contributed by atoms with Crippen LogP contribution in [0.4, 0.5) is 11.5 Å². The second-order valence-electron chi connectivity index (χ2n) is 9.96. The molecule has 2 fully saturated rings. The standard InChI is InChI=1S/C28H32N8O2.6ClH/c29-21-2-1-9-35(17-21)16-19-7-8-30-25(14-19)28(37)33-22-5-3-20(4-6-22)24-15-23-26(34-24)31-18-32-27(23)36-10-12-38-13-11-36;;;;;;/h3-8,14-15,18,21H,1-2,9-13,16-17,29H2,(H,33,37)(H,31,32,34);6*1H/t21-;;;;;;/m1....../s1. The highest BCUT2D eigenvalue weighted by Gasteiger charge is 2.19. The highest BCUT2D eigenvalue weighted by atomic mass is 35.5. The van der Waals surface area contributed by atoms with Crippen LogP contribution in [-0.4, -0.2) is 76.2 Å². The molecule has 4 N–H and O–H groups in total. The third-order valence-corrected chi connectivity index (χ3v) is 7.17. The number of amides is 1. The number of fused-ring (bicyclic) bond motifs is 1. The number of carbonyl (C=O) groups excluding carboxylic acids is 1. The van der Waals surface area contributed by atoms with Gasteiger partial charge in [0.15, 0.2) is 0 Å². The van der Waals surface area contributed by atoms with E-state index >= 15 is 0 Å². The van der Waals surface area contributed by atoms with Crippen molar-refractivity contribution in [3.05, 3.63) is 66.2 Å². The van der Waals surface area contributed by atoms with Crippen LogP contribution in [0.2, 0.25) is 0 Å². The summed E-state index contributed by atoms with van der Waals surface area (Å²) in [4.78, 5) is 34.1. The Hall–Kier alpha value is -2.12. The molecule has 1 atom stereocenters. The third-order valence-electron chi connectivity index (χ3n) is 7.17. The van der Waals surface area contributed by atoms with Gasteiger partial charge >= 0.3 is 0 Å². The Kier molecular flexibility index (Phi) is 18.5. The molecule has 0 radical (unpaired) electrons. The summed E-state index contributed by atoms with van der Waals surface area (Å²) in [5.74, 6) is 0.688. The number of rotatable bonds is 6. The number of likely N-dealkylation sites (tertiary alicyclic amines) is 1. The van der Waals surface area contributed by atoms with Gasteiger partial charge in [0.25, 0.3) is 5.91 Å². The quantitative estimate of drug-likeness (QED) is 0.236. The number of morpholine rings is 1. The molecule has 5 heterocycles. The van der Waals surface area contributed by atoms with Gasteiger partial charge in [-0.2, -0.15) is 0 Å². The number of benzene rings is 1. The van der Waals surface area contributed by atoms with Crippen LogP contribution in [-0.2, 0) is 11.3 Å². The van der Waals surface area contributed by atoms with E-state index in [0.29, 0.717) is 24.6 Å². The summed E-state index contributed by atoms with van der Waals surface area (Å²) in [5.41, 5.74) is 11.0. The number of piperidine rings is 1. The molecule has 6 rings (SSSR count). The SMILES string of the molecule is Cl.Cl.Cl.Cl.Cl.Cl.N[C@@H]1CCCN(Cc2ccnc(C(=O)Nc3ccc(-c4cc5c(N6CCOCC6)ncnc5[nH]4)cc3)c2)C1. The average Bonchev–Trinajstić information content (AvgIpc) is 3.39. The van der Waals surface area contributed by atoms with E-state index in [1.165, 1.54) is 0 Å². The fourth-order valence-corrected chi connectivity index (χ4v) is 5.23. The van der Waals surface area contributed by atoms with E-state index in [9.17, 15) is 4.79 Å². The molecule has 1 aromatic carbocycles. The molecule has 2 aliphatic rings. The zero-order valence-electron chi connectivity index (χ0n) is 23.7. The summed E-state index contributed by atoms with van der Waals surface area (Å²) in [5, 5.41) is 3.95. The molecule has 0 bridgehead atoms. The normalized spacial score (nSPS) is 16.0. The van der Waals surface area contributed by atoms with Crippen LogP contribution in [0.1, 0.15) is 28.9 Å². The summed E-state index contributed by atoms with van der Waals surface area (Å²) in [7, 11) is 0. The fraction of sp³-hybridized carbons (Fsp3) is 0.357. The molecule has 2 aliphatic heterocycles. The number of halogens is 6. The maximum absolute atomic E-state index is 12.9. The first kappa shape index (κ1) is 41.9. The summed E-state index contributed by atoms with van der Waals surface area (Å²) in [6, 6.07) is 13.9. The van der Waals surface area contributed by atoms with Crippen molar-refractivity contribution in [2.24, 2.45) is 5.73 Å². The zero-order chi connectivity index (χ0) is 25.9. The van der Waals surface area contributed by atoms with Gasteiger partial charge in [-0.1, -0.05) is 12.1 Å². The van der Waals surface area contributed by atoms with Crippen LogP contribution in [0.25, 0.3) is 22.3 Å². The second-order valence-corrected chi connectivity index (χ2v) is 9.96. The number of hydrogen-bond donors (Lipinski definition) is 3. The Morgan fingerprint density at radius 2 is 1.68 bits per heavy atom. The lowest BCUT2D eigenvalue weighted by atomic mass is 10.1. The minimum atomic E-state index is -0.231. The summed E-state index contributed by atoms with van der Waals surface area (Å²) >= 11 is 0. The first-order valence-electron chi connectivity index (χ1n) is 13.1. The van der Waals surface area contributed by atoms with Crippen molar-refractivity contribution in [1.29, 1.82) is 0 Å². The lowest BCUT2D eigenvalue weighted by Crippen LogP contribution is -2.42. The molecule has 10 nitrogen and oxygen atoms in total. The van der Waals surface area contributed by atoms with Crippen LogP contribution in [0, 0.1) is 0 Å². The predicted molar refractivity (Wildman–Crippen MR) is 191 cm³/mol. The highest BCUT2D eigenvalue weighted by molar-refractivity contribution is 6.03. The van der Waals surface area contributed by atoms with Crippen LogP contribution in [0.3, 0.4) is 0 Å². The van der Waals surface area contributed by atoms with E-state index in [4.69, 9.17) is 10.5 Å². The monoisotopic (exact) mass is 728 g/mol. The molecule has 4 aromatic rings. The van der Waals surface area contributed by atoms with Gasteiger partial charge in [-0.25, -0.2) is 9.97 Å². The molecule has 2 saturated heterocycles. The van der Waals surface area contributed by atoms with Crippen molar-refractivity contribution in [1.82, 2.24) is 24.8 Å². The second kappa shape index (κ2) is 19.4. The van der Waals surface area contributed by atoms with E-state index in [1.807, 2.05) is 36.4 Å². The van der Waals surface area contributed by atoms with E-state index in [1.54, 1.807) is 12.5 Å². The van der Waals surface area contributed by atoms with Crippen molar-refractivity contribution in [2.45, 2.75) is 25.4 Å². The Labute approximate surface area is 294 Å². The van der Waals surface area contributed by atoms with Gasteiger partial charge in [0.2, 0.25) is 0 Å². The minimum absolute atomic E-state index is 0. The molecular weight excluding hydrogens is 693 g/mol. The van der Waals surface area contributed by atoms with Crippen LogP contribution < -0.4 is 16.0 Å². The number of aromatic amines is 1. The van der Waals surface area contributed by atoms with E-state index in [-0.39, 0.29) is 86.4 Å². The van der Waals surface area contributed by atoms with Crippen molar-refractivity contribution in [3.63, 3.8) is 0 Å². The van der Waals surface area contributed by atoms with E-state index < -0.39 is 0 Å². The maximum atomic E-state index is 12.9. The maximum Gasteiger partial charge on any atom is 0.274 e. The average molecular weight is 731 g/mol. The fourth-order valence-electron chi connectivity index (χ4n) is 5.23. The minimum Gasteiger partial charge on any atom is -0.378 e. The largest absolute Gasteiger partial charge is 0.378 e. The number of anilines is 2. The van der Waals surface area contributed by atoms with Gasteiger partial charge in [0, 0.05) is 49.8 Å². The lowest BCUT2D eigenvalue weighted by Gasteiger charge is -2.30. The summed E-state index contributed by atoms with van der Waals surface area (Å²) in [6.45, 7) is 5.70. The highest BCUT2D eigenvalue weighted by Crippen LogP contribution is 2.29. The molecule has 16 heteroatoms. The van der Waals surface area contributed by atoms with Crippen molar-refractivity contribution >= 4 is 103 Å². The van der Waals surface area contributed by atoms with Gasteiger partial charge in [-0.05, 0) is 60.8 Å². The van der Waals surface area contributed by atoms with Crippen molar-refractivity contribution in [3.8, 4) is 11.3 Å². The number of nitrogens with two attached hydrogens (primary N) is 1. The lowest BCUT2D eigenvalue weighted by molar-refractivity contribution is 0.102.